The number of hydrogen-bond donors (Lipinski definition) is 2. The fourth-order valence-electron chi connectivity index (χ4n) is 3.67. The van der Waals surface area contributed by atoms with Crippen molar-refractivity contribution >= 4 is 35.3 Å². The van der Waals surface area contributed by atoms with Crippen LogP contribution in [0.15, 0.2) is 70.5 Å². The highest BCUT2D eigenvalue weighted by molar-refractivity contribution is 8.04. The van der Waals surface area contributed by atoms with E-state index in [9.17, 15) is 9.59 Å². The smallest absolute Gasteiger partial charge is 0.262 e. The molecular formula is C27H26N2O4S. The molecule has 0 atom stereocenters. The van der Waals surface area contributed by atoms with Crippen LogP contribution in [-0.4, -0.2) is 32.6 Å². The van der Waals surface area contributed by atoms with Crippen LogP contribution in [0.2, 0.25) is 0 Å². The third kappa shape index (κ3) is 5.43. The van der Waals surface area contributed by atoms with Gasteiger partial charge in [0.05, 0.1) is 24.8 Å². The van der Waals surface area contributed by atoms with Crippen LogP contribution >= 0.6 is 11.8 Å². The first-order chi connectivity index (χ1) is 16.5. The van der Waals surface area contributed by atoms with Crippen LogP contribution in [0.25, 0.3) is 6.08 Å². The Morgan fingerprint density at radius 2 is 1.85 bits per heavy atom. The minimum atomic E-state index is -0.191. The van der Waals surface area contributed by atoms with Crippen LogP contribution in [0.4, 0.5) is 5.69 Å². The van der Waals surface area contributed by atoms with Crippen LogP contribution in [0.5, 0.6) is 11.5 Å². The van der Waals surface area contributed by atoms with Gasteiger partial charge in [-0.3, -0.25) is 9.59 Å². The van der Waals surface area contributed by atoms with E-state index in [4.69, 9.17) is 9.47 Å². The number of fused-ring (bicyclic) bond motifs is 1. The van der Waals surface area contributed by atoms with Crippen LogP contribution in [0.3, 0.4) is 0 Å². The molecule has 0 unspecified atom stereocenters. The molecule has 0 spiro atoms. The van der Waals surface area contributed by atoms with E-state index in [-0.39, 0.29) is 11.8 Å². The lowest BCUT2D eigenvalue weighted by molar-refractivity contribution is -0.112. The van der Waals surface area contributed by atoms with E-state index in [2.05, 4.69) is 10.6 Å². The number of aryl methyl sites for hydroxylation is 1. The van der Waals surface area contributed by atoms with Gasteiger partial charge < -0.3 is 20.1 Å². The molecule has 0 radical (unpaired) electrons. The Morgan fingerprint density at radius 1 is 1.03 bits per heavy atom. The maximum Gasteiger partial charge on any atom is 0.262 e. The zero-order valence-electron chi connectivity index (χ0n) is 19.3. The van der Waals surface area contributed by atoms with E-state index in [0.717, 1.165) is 21.6 Å². The van der Waals surface area contributed by atoms with Crippen LogP contribution in [0, 0.1) is 6.92 Å². The highest BCUT2D eigenvalue weighted by Gasteiger charge is 2.22. The lowest BCUT2D eigenvalue weighted by Gasteiger charge is -2.19. The third-order valence-electron chi connectivity index (χ3n) is 5.42. The lowest BCUT2D eigenvalue weighted by Crippen LogP contribution is -2.26. The monoisotopic (exact) mass is 474 g/mol. The summed E-state index contributed by atoms with van der Waals surface area (Å²) in [5.41, 5.74) is 4.28. The van der Waals surface area contributed by atoms with E-state index in [1.54, 1.807) is 26.4 Å². The van der Waals surface area contributed by atoms with Crippen molar-refractivity contribution in [2.24, 2.45) is 0 Å². The normalized spacial score (nSPS) is 13.7. The summed E-state index contributed by atoms with van der Waals surface area (Å²) >= 11 is 1.40. The SMILES string of the molecule is COc1ccc(CCNC(=O)c2ccc3c(c2)NC(=O)C(=Cc2cccc(C)c2)S3)cc1OC. The standard InChI is InChI=1S/C27H26N2O4S/c1-17-5-4-6-19(13-17)15-25-27(31)29-21-16-20(8-10-24(21)34-25)26(30)28-12-11-18-7-9-22(32-2)23(14-18)33-3/h4-10,13-16H,11-12H2,1-3H3,(H,28,30)(H,29,31). The number of nitrogens with one attached hydrogen (secondary N) is 2. The maximum absolute atomic E-state index is 12.7. The molecule has 4 rings (SSSR count). The third-order valence-corrected chi connectivity index (χ3v) is 6.52. The first-order valence-electron chi connectivity index (χ1n) is 10.9. The number of thioether (sulfide) groups is 1. The van der Waals surface area contributed by atoms with Crippen molar-refractivity contribution in [1.29, 1.82) is 0 Å². The van der Waals surface area contributed by atoms with E-state index >= 15 is 0 Å². The molecule has 2 amide bonds. The first-order valence-corrected chi connectivity index (χ1v) is 11.7. The van der Waals surface area contributed by atoms with Crippen LogP contribution in [0.1, 0.15) is 27.0 Å². The number of ether oxygens (including phenoxy) is 2. The van der Waals surface area contributed by atoms with Gasteiger partial charge in [0, 0.05) is 17.0 Å². The van der Waals surface area contributed by atoms with Gasteiger partial charge in [-0.05, 0) is 60.9 Å². The molecule has 3 aromatic carbocycles. The number of hydrogen-bond acceptors (Lipinski definition) is 5. The van der Waals surface area contributed by atoms with Crippen molar-refractivity contribution in [2.45, 2.75) is 18.2 Å². The van der Waals surface area contributed by atoms with Crippen molar-refractivity contribution in [2.75, 3.05) is 26.1 Å². The van der Waals surface area contributed by atoms with E-state index < -0.39 is 0 Å². The largest absolute Gasteiger partial charge is 0.493 e. The van der Waals surface area contributed by atoms with Crippen molar-refractivity contribution < 1.29 is 19.1 Å². The molecule has 34 heavy (non-hydrogen) atoms. The molecule has 2 N–H and O–H groups in total. The summed E-state index contributed by atoms with van der Waals surface area (Å²) in [6.45, 7) is 2.49. The van der Waals surface area contributed by atoms with Gasteiger partial charge >= 0.3 is 0 Å². The molecule has 1 aliphatic rings. The topological polar surface area (TPSA) is 76.7 Å². The maximum atomic E-state index is 12.7. The summed E-state index contributed by atoms with van der Waals surface area (Å²) in [6.07, 6.45) is 2.53. The molecule has 0 fully saturated rings. The number of benzene rings is 3. The predicted molar refractivity (Wildman–Crippen MR) is 136 cm³/mol. The highest BCUT2D eigenvalue weighted by Crippen LogP contribution is 2.39. The Morgan fingerprint density at radius 3 is 2.62 bits per heavy atom. The highest BCUT2D eigenvalue weighted by atomic mass is 32.2. The molecule has 0 saturated carbocycles. The summed E-state index contributed by atoms with van der Waals surface area (Å²) in [5.74, 6) is 0.958. The molecule has 0 aliphatic carbocycles. The number of carbonyl (C=O) groups is 2. The number of carbonyl (C=O) groups excluding carboxylic acids is 2. The summed E-state index contributed by atoms with van der Waals surface area (Å²) in [6, 6.07) is 19.1. The Labute approximate surface area is 203 Å². The van der Waals surface area contributed by atoms with Gasteiger partial charge in [-0.1, -0.05) is 47.7 Å². The van der Waals surface area contributed by atoms with Gasteiger partial charge in [-0.25, -0.2) is 0 Å². The van der Waals surface area contributed by atoms with E-state index in [1.807, 2.05) is 61.5 Å². The van der Waals surface area contributed by atoms with Gasteiger partial charge in [0.1, 0.15) is 0 Å². The average Bonchev–Trinajstić information content (AvgIpc) is 2.84. The van der Waals surface area contributed by atoms with Gasteiger partial charge in [0.25, 0.3) is 11.8 Å². The van der Waals surface area contributed by atoms with E-state index in [1.165, 1.54) is 11.8 Å². The minimum Gasteiger partial charge on any atom is -0.493 e. The van der Waals surface area contributed by atoms with Crippen LogP contribution in [-0.2, 0) is 11.2 Å². The van der Waals surface area contributed by atoms with Gasteiger partial charge in [-0.15, -0.1) is 0 Å². The summed E-state index contributed by atoms with van der Waals surface area (Å²) < 4.78 is 10.6. The zero-order valence-corrected chi connectivity index (χ0v) is 20.1. The van der Waals surface area contributed by atoms with E-state index in [0.29, 0.717) is 40.6 Å². The Balaban J connectivity index is 1.40. The second-order valence-corrected chi connectivity index (χ2v) is 8.97. The first kappa shape index (κ1) is 23.4. The molecule has 0 bridgehead atoms. The number of amides is 2. The fraction of sp³-hybridized carbons (Fsp3) is 0.185. The molecule has 0 aromatic heterocycles. The van der Waals surface area contributed by atoms with Crippen molar-refractivity contribution in [3.05, 3.63) is 87.8 Å². The molecule has 1 aliphatic heterocycles. The summed E-state index contributed by atoms with van der Waals surface area (Å²) in [7, 11) is 3.19. The van der Waals surface area contributed by atoms with Gasteiger partial charge in [0.15, 0.2) is 11.5 Å². The molecular weight excluding hydrogens is 448 g/mol. The Hall–Kier alpha value is -3.71. The van der Waals surface area contributed by atoms with Crippen molar-refractivity contribution in [3.63, 3.8) is 0 Å². The van der Waals surface area contributed by atoms with Gasteiger partial charge in [-0.2, -0.15) is 0 Å². The van der Waals surface area contributed by atoms with Crippen LogP contribution < -0.4 is 20.1 Å². The zero-order chi connectivity index (χ0) is 24.1. The van der Waals surface area contributed by atoms with Crippen molar-refractivity contribution in [3.8, 4) is 11.5 Å². The lowest BCUT2D eigenvalue weighted by atomic mass is 10.1. The molecule has 174 valence electrons. The van der Waals surface area contributed by atoms with Crippen molar-refractivity contribution in [1.82, 2.24) is 5.32 Å². The molecule has 1 heterocycles. The second-order valence-electron chi connectivity index (χ2n) is 7.89. The summed E-state index contributed by atoms with van der Waals surface area (Å²) in [4.78, 5) is 26.8. The Bertz CT molecular complexity index is 1270. The Kier molecular flexibility index (Phi) is 7.23. The van der Waals surface area contributed by atoms with Gasteiger partial charge in [0.2, 0.25) is 0 Å². The quantitative estimate of drug-likeness (QED) is 0.468. The number of rotatable bonds is 7. The summed E-state index contributed by atoms with van der Waals surface area (Å²) in [5, 5.41) is 5.85. The molecule has 7 heteroatoms. The average molecular weight is 475 g/mol. The second kappa shape index (κ2) is 10.5. The fourth-order valence-corrected chi connectivity index (χ4v) is 4.60. The molecule has 6 nitrogen and oxygen atoms in total. The predicted octanol–water partition coefficient (Wildman–Crippen LogP) is 5.07. The number of methoxy groups -OCH3 is 2. The number of anilines is 1. The molecule has 3 aromatic rings. The minimum absolute atomic E-state index is 0.176. The molecule has 0 saturated heterocycles.